The van der Waals surface area contributed by atoms with E-state index in [1.807, 2.05) is 42.5 Å². The van der Waals surface area contributed by atoms with E-state index in [0.29, 0.717) is 5.82 Å². The molecule has 3 rings (SSSR count). The molecular weight excluding hydrogens is 378 g/mol. The Hall–Kier alpha value is -1.51. The van der Waals surface area contributed by atoms with Gasteiger partial charge in [-0.3, -0.25) is 4.98 Å². The number of rotatable bonds is 1. The number of imidazole rings is 1. The Morgan fingerprint density at radius 1 is 0.938 bits per heavy atom. The van der Waals surface area contributed by atoms with Crippen LogP contribution in [-0.4, -0.2) is 9.97 Å². The molecular formula is C12H8IrN3-. The van der Waals surface area contributed by atoms with Crippen LogP contribution in [0.3, 0.4) is 0 Å². The fourth-order valence-electron chi connectivity index (χ4n) is 1.52. The van der Waals surface area contributed by atoms with E-state index in [0.717, 1.165) is 16.7 Å². The van der Waals surface area contributed by atoms with Gasteiger partial charge in [0.05, 0.1) is 5.69 Å². The van der Waals surface area contributed by atoms with Crippen LogP contribution in [0.2, 0.25) is 0 Å². The Kier molecular flexibility index (Phi) is 3.13. The Bertz CT molecular complexity index is 556. The van der Waals surface area contributed by atoms with E-state index < -0.39 is 0 Å². The predicted octanol–water partition coefficient (Wildman–Crippen LogP) is 2.25. The second kappa shape index (κ2) is 4.56. The summed E-state index contributed by atoms with van der Waals surface area (Å²) < 4.78 is 0. The van der Waals surface area contributed by atoms with Crippen LogP contribution in [0.5, 0.6) is 0 Å². The van der Waals surface area contributed by atoms with Gasteiger partial charge in [-0.25, -0.2) is 0 Å². The maximum absolute atomic E-state index is 4.41. The molecule has 4 heteroatoms. The Balaban J connectivity index is 0.000000963. The Morgan fingerprint density at radius 2 is 1.75 bits per heavy atom. The Morgan fingerprint density at radius 3 is 2.50 bits per heavy atom. The summed E-state index contributed by atoms with van der Waals surface area (Å²) in [6.07, 6.45) is 1.75. The van der Waals surface area contributed by atoms with Crippen molar-refractivity contribution < 1.29 is 20.1 Å². The summed E-state index contributed by atoms with van der Waals surface area (Å²) in [5.41, 5.74) is 2.64. The SMILES string of the molecule is [Ir].c1ccc(-c2nc3ccccc3[n-]2)nc1. The number of pyridine rings is 1. The average Bonchev–Trinajstić information content (AvgIpc) is 2.74. The quantitative estimate of drug-likeness (QED) is 0.644. The number of hydrogen-bond donors (Lipinski definition) is 0. The van der Waals surface area contributed by atoms with Gasteiger partial charge in [-0.1, -0.05) is 30.3 Å². The van der Waals surface area contributed by atoms with Gasteiger partial charge in [-0.05, 0) is 29.0 Å². The monoisotopic (exact) mass is 387 g/mol. The van der Waals surface area contributed by atoms with Gasteiger partial charge in [0.1, 0.15) is 0 Å². The molecule has 1 aromatic carbocycles. The molecule has 0 bridgehead atoms. The molecule has 1 radical (unpaired) electrons. The molecule has 0 unspecified atom stereocenters. The standard InChI is InChI=1S/C12H8N3.Ir/c1-2-6-10-9(5-1)14-12(15-10)11-7-3-4-8-13-11;/h1-8H;/q-1;. The fourth-order valence-corrected chi connectivity index (χ4v) is 1.52. The molecule has 81 valence electrons. The van der Waals surface area contributed by atoms with Crippen LogP contribution >= 0.6 is 0 Å². The van der Waals surface area contributed by atoms with Gasteiger partial charge in [-0.15, -0.1) is 0 Å². The molecule has 0 aliphatic heterocycles. The first-order valence-electron chi connectivity index (χ1n) is 4.74. The molecule has 0 saturated heterocycles. The number of para-hydroxylation sites is 2. The summed E-state index contributed by atoms with van der Waals surface area (Å²) in [6.45, 7) is 0. The Labute approximate surface area is 106 Å². The van der Waals surface area contributed by atoms with Gasteiger partial charge in [0, 0.05) is 26.3 Å². The first kappa shape index (κ1) is 11.0. The van der Waals surface area contributed by atoms with E-state index >= 15 is 0 Å². The van der Waals surface area contributed by atoms with Gasteiger partial charge in [0.25, 0.3) is 0 Å². The van der Waals surface area contributed by atoms with Crippen LogP contribution in [-0.2, 0) is 20.1 Å². The van der Waals surface area contributed by atoms with Crippen LogP contribution in [0.25, 0.3) is 22.6 Å². The molecule has 0 saturated carbocycles. The third-order valence-corrected chi connectivity index (χ3v) is 2.23. The maximum Gasteiger partial charge on any atom is 0.0620 e. The van der Waals surface area contributed by atoms with E-state index in [-0.39, 0.29) is 20.1 Å². The molecule has 0 amide bonds. The van der Waals surface area contributed by atoms with E-state index in [2.05, 4.69) is 15.0 Å². The molecule has 0 aliphatic rings. The number of benzene rings is 1. The molecule has 2 heterocycles. The minimum absolute atomic E-state index is 0. The van der Waals surface area contributed by atoms with Crippen LogP contribution in [0.15, 0.2) is 48.7 Å². The fraction of sp³-hybridized carbons (Fsp3) is 0. The molecule has 0 aliphatic carbocycles. The minimum atomic E-state index is 0. The predicted molar refractivity (Wildman–Crippen MR) is 58.3 cm³/mol. The van der Waals surface area contributed by atoms with Crippen LogP contribution in [0.1, 0.15) is 0 Å². The van der Waals surface area contributed by atoms with Gasteiger partial charge in [0.2, 0.25) is 0 Å². The average molecular weight is 386 g/mol. The summed E-state index contributed by atoms with van der Waals surface area (Å²) in [5.74, 6) is 0.691. The van der Waals surface area contributed by atoms with E-state index in [4.69, 9.17) is 0 Å². The third-order valence-electron chi connectivity index (χ3n) is 2.23. The van der Waals surface area contributed by atoms with E-state index in [1.165, 1.54) is 0 Å². The van der Waals surface area contributed by atoms with E-state index in [9.17, 15) is 0 Å². The molecule has 2 aromatic heterocycles. The zero-order valence-corrected chi connectivity index (χ0v) is 10.7. The molecule has 3 nitrogen and oxygen atoms in total. The summed E-state index contributed by atoms with van der Waals surface area (Å²) in [5, 5.41) is 0. The van der Waals surface area contributed by atoms with Crippen molar-refractivity contribution >= 4 is 11.0 Å². The first-order valence-corrected chi connectivity index (χ1v) is 4.74. The minimum Gasteiger partial charge on any atom is -0.434 e. The van der Waals surface area contributed by atoms with Crippen LogP contribution in [0.4, 0.5) is 0 Å². The van der Waals surface area contributed by atoms with Crippen molar-refractivity contribution in [1.82, 2.24) is 15.0 Å². The second-order valence-electron chi connectivity index (χ2n) is 3.25. The summed E-state index contributed by atoms with van der Waals surface area (Å²) >= 11 is 0. The van der Waals surface area contributed by atoms with Crippen molar-refractivity contribution in [2.45, 2.75) is 0 Å². The molecule has 0 atom stereocenters. The normalized spacial score (nSPS) is 10.0. The maximum atomic E-state index is 4.41. The van der Waals surface area contributed by atoms with Crippen molar-refractivity contribution in [2.24, 2.45) is 0 Å². The number of fused-ring (bicyclic) bond motifs is 1. The summed E-state index contributed by atoms with van der Waals surface area (Å²) in [6, 6.07) is 13.5. The second-order valence-corrected chi connectivity index (χ2v) is 3.25. The first-order chi connectivity index (χ1) is 7.43. The molecule has 16 heavy (non-hydrogen) atoms. The summed E-state index contributed by atoms with van der Waals surface area (Å²) in [7, 11) is 0. The number of nitrogens with zero attached hydrogens (tertiary/aromatic N) is 3. The van der Waals surface area contributed by atoms with Crippen molar-refractivity contribution in [3.63, 3.8) is 0 Å². The number of hydrogen-bond acceptors (Lipinski definition) is 2. The van der Waals surface area contributed by atoms with Crippen LogP contribution in [0, 0.1) is 0 Å². The summed E-state index contributed by atoms with van der Waals surface area (Å²) in [4.78, 5) is 13.0. The van der Waals surface area contributed by atoms with Gasteiger partial charge < -0.3 is 9.97 Å². The van der Waals surface area contributed by atoms with E-state index in [1.54, 1.807) is 6.20 Å². The zero-order chi connectivity index (χ0) is 10.1. The molecule has 0 N–H and O–H groups in total. The topological polar surface area (TPSA) is 39.9 Å². The molecule has 0 fully saturated rings. The largest absolute Gasteiger partial charge is 0.434 e. The van der Waals surface area contributed by atoms with Gasteiger partial charge >= 0.3 is 0 Å². The smallest absolute Gasteiger partial charge is 0.0620 e. The van der Waals surface area contributed by atoms with Gasteiger partial charge in [-0.2, -0.15) is 0 Å². The van der Waals surface area contributed by atoms with Crippen molar-refractivity contribution in [2.75, 3.05) is 0 Å². The molecule has 0 spiro atoms. The molecule has 3 aromatic rings. The van der Waals surface area contributed by atoms with Crippen LogP contribution < -0.4 is 4.98 Å². The number of aromatic nitrogens is 3. The van der Waals surface area contributed by atoms with Crippen molar-refractivity contribution in [3.05, 3.63) is 48.7 Å². The van der Waals surface area contributed by atoms with Gasteiger partial charge in [0.15, 0.2) is 0 Å². The zero-order valence-electron chi connectivity index (χ0n) is 8.29. The van der Waals surface area contributed by atoms with Crippen molar-refractivity contribution in [1.29, 1.82) is 0 Å². The van der Waals surface area contributed by atoms with Crippen molar-refractivity contribution in [3.8, 4) is 11.5 Å². The third kappa shape index (κ3) is 1.90.